The van der Waals surface area contributed by atoms with Gasteiger partial charge in [-0.25, -0.2) is 0 Å². The molecule has 0 aliphatic carbocycles. The molecule has 0 spiro atoms. The summed E-state index contributed by atoms with van der Waals surface area (Å²) in [6, 6.07) is 6.10. The number of rotatable bonds is 5. The van der Waals surface area contributed by atoms with Crippen LogP contribution in [0.1, 0.15) is 36.2 Å². The molecule has 1 atom stereocenters. The molecular weight excluding hydrogens is 214 g/mol. The highest BCUT2D eigenvalue weighted by Gasteiger charge is 2.15. The average Bonchev–Trinajstić information content (AvgIpc) is 2.82. The monoisotopic (exact) mass is 233 g/mol. The summed E-state index contributed by atoms with van der Waals surface area (Å²) < 4.78 is 5.42. The maximum absolute atomic E-state index is 12.0. The summed E-state index contributed by atoms with van der Waals surface area (Å²) in [5, 5.41) is 3.22. The zero-order chi connectivity index (χ0) is 12.3. The highest BCUT2D eigenvalue weighted by Crippen LogP contribution is 2.25. The molecule has 1 aromatic carbocycles. The third-order valence-corrected chi connectivity index (χ3v) is 3.23. The molecule has 0 aromatic heterocycles. The Labute approximate surface area is 102 Å². The fourth-order valence-electron chi connectivity index (χ4n) is 1.87. The molecule has 3 nitrogen and oxygen atoms in total. The summed E-state index contributed by atoms with van der Waals surface area (Å²) in [6.07, 6.45) is 1.94. The van der Waals surface area contributed by atoms with Crippen LogP contribution in [0.3, 0.4) is 0 Å². The number of ketones is 1. The van der Waals surface area contributed by atoms with E-state index in [-0.39, 0.29) is 5.78 Å². The third-order valence-electron chi connectivity index (χ3n) is 3.23. The van der Waals surface area contributed by atoms with Crippen LogP contribution >= 0.6 is 0 Å². The molecule has 0 saturated heterocycles. The highest BCUT2D eigenvalue weighted by atomic mass is 16.5. The molecule has 0 amide bonds. The van der Waals surface area contributed by atoms with Gasteiger partial charge in [0, 0.05) is 18.0 Å². The van der Waals surface area contributed by atoms with Crippen molar-refractivity contribution in [3.63, 3.8) is 0 Å². The predicted molar refractivity (Wildman–Crippen MR) is 67.7 cm³/mol. The lowest BCUT2D eigenvalue weighted by atomic mass is 10.1. The zero-order valence-corrected chi connectivity index (χ0v) is 10.5. The van der Waals surface area contributed by atoms with Crippen LogP contribution in [0.25, 0.3) is 0 Å². The van der Waals surface area contributed by atoms with E-state index >= 15 is 0 Å². The number of fused-ring (bicyclic) bond motifs is 1. The lowest BCUT2D eigenvalue weighted by Crippen LogP contribution is -2.30. The molecule has 0 bridgehead atoms. The Bertz CT molecular complexity index is 415. The van der Waals surface area contributed by atoms with Gasteiger partial charge >= 0.3 is 0 Å². The molecule has 0 saturated carbocycles. The fraction of sp³-hybridized carbons (Fsp3) is 0.500. The van der Waals surface area contributed by atoms with Gasteiger partial charge < -0.3 is 10.1 Å². The van der Waals surface area contributed by atoms with E-state index in [1.807, 2.05) is 18.2 Å². The second kappa shape index (κ2) is 5.32. The highest BCUT2D eigenvalue weighted by molar-refractivity contribution is 5.98. The second-order valence-corrected chi connectivity index (χ2v) is 4.53. The van der Waals surface area contributed by atoms with Gasteiger partial charge in [0.2, 0.25) is 0 Å². The Kier molecular flexibility index (Phi) is 3.79. The van der Waals surface area contributed by atoms with E-state index in [0.29, 0.717) is 12.6 Å². The minimum Gasteiger partial charge on any atom is -0.493 e. The summed E-state index contributed by atoms with van der Waals surface area (Å²) in [5.74, 6) is 1.08. The predicted octanol–water partition coefficient (Wildman–Crippen LogP) is 2.19. The van der Waals surface area contributed by atoms with Gasteiger partial charge in [0.15, 0.2) is 5.78 Å². The first-order chi connectivity index (χ1) is 8.20. The minimum absolute atomic E-state index is 0.153. The van der Waals surface area contributed by atoms with Gasteiger partial charge in [0.1, 0.15) is 5.75 Å². The molecule has 0 fully saturated rings. The summed E-state index contributed by atoms with van der Waals surface area (Å²) in [5.41, 5.74) is 1.93. The Balaban J connectivity index is 2.00. The van der Waals surface area contributed by atoms with Crippen LogP contribution < -0.4 is 10.1 Å². The van der Waals surface area contributed by atoms with E-state index in [1.54, 1.807) is 0 Å². The smallest absolute Gasteiger partial charge is 0.176 e. The maximum atomic E-state index is 12.0. The second-order valence-electron chi connectivity index (χ2n) is 4.53. The number of carbonyl (C=O) groups is 1. The van der Waals surface area contributed by atoms with Crippen molar-refractivity contribution in [2.45, 2.75) is 32.7 Å². The molecule has 1 aliphatic rings. The van der Waals surface area contributed by atoms with Crippen molar-refractivity contribution in [2.75, 3.05) is 13.2 Å². The van der Waals surface area contributed by atoms with Gasteiger partial charge in [-0.2, -0.15) is 0 Å². The van der Waals surface area contributed by atoms with Crippen LogP contribution in [-0.2, 0) is 6.42 Å². The topological polar surface area (TPSA) is 38.3 Å². The lowest BCUT2D eigenvalue weighted by Gasteiger charge is -2.10. The number of ether oxygens (including phenoxy) is 1. The van der Waals surface area contributed by atoms with Crippen molar-refractivity contribution in [3.8, 4) is 5.75 Å². The first-order valence-electron chi connectivity index (χ1n) is 6.23. The lowest BCUT2D eigenvalue weighted by molar-refractivity contribution is 0.0987. The summed E-state index contributed by atoms with van der Waals surface area (Å²) >= 11 is 0. The van der Waals surface area contributed by atoms with Gasteiger partial charge in [-0.15, -0.1) is 0 Å². The van der Waals surface area contributed by atoms with Crippen LogP contribution in [0.4, 0.5) is 0 Å². The van der Waals surface area contributed by atoms with E-state index < -0.39 is 0 Å². The first kappa shape index (κ1) is 12.1. The summed E-state index contributed by atoms with van der Waals surface area (Å²) in [6.45, 7) is 5.34. The van der Waals surface area contributed by atoms with Gasteiger partial charge in [0.05, 0.1) is 13.2 Å². The quantitative estimate of drug-likeness (QED) is 0.792. The van der Waals surface area contributed by atoms with Crippen LogP contribution in [0, 0.1) is 0 Å². The van der Waals surface area contributed by atoms with Gasteiger partial charge in [-0.1, -0.05) is 6.92 Å². The molecule has 3 heteroatoms. The number of benzene rings is 1. The Hall–Kier alpha value is -1.35. The molecule has 1 aliphatic heterocycles. The third kappa shape index (κ3) is 2.86. The van der Waals surface area contributed by atoms with E-state index in [4.69, 9.17) is 4.74 Å². The van der Waals surface area contributed by atoms with Gasteiger partial charge in [-0.05, 0) is 37.1 Å². The van der Waals surface area contributed by atoms with Crippen LogP contribution in [0.5, 0.6) is 5.75 Å². The molecule has 1 heterocycles. The van der Waals surface area contributed by atoms with Gasteiger partial charge in [0.25, 0.3) is 0 Å². The van der Waals surface area contributed by atoms with E-state index in [0.717, 1.165) is 36.3 Å². The average molecular weight is 233 g/mol. The Morgan fingerprint density at radius 3 is 3.12 bits per heavy atom. The normalized spacial score (nSPS) is 15.2. The molecule has 0 radical (unpaired) electrons. The largest absolute Gasteiger partial charge is 0.493 e. The first-order valence-corrected chi connectivity index (χ1v) is 6.23. The fourth-order valence-corrected chi connectivity index (χ4v) is 1.87. The van der Waals surface area contributed by atoms with E-state index in [2.05, 4.69) is 19.2 Å². The molecule has 1 N–H and O–H groups in total. The minimum atomic E-state index is 0.153. The van der Waals surface area contributed by atoms with Crippen molar-refractivity contribution in [1.29, 1.82) is 0 Å². The number of nitrogens with one attached hydrogen (secondary N) is 1. The Morgan fingerprint density at radius 2 is 2.35 bits per heavy atom. The van der Waals surface area contributed by atoms with Crippen molar-refractivity contribution in [2.24, 2.45) is 0 Å². The van der Waals surface area contributed by atoms with Crippen LogP contribution in [0.15, 0.2) is 18.2 Å². The molecule has 2 rings (SSSR count). The number of hydrogen-bond acceptors (Lipinski definition) is 3. The van der Waals surface area contributed by atoms with Crippen molar-refractivity contribution < 1.29 is 9.53 Å². The molecular formula is C14H19NO2. The maximum Gasteiger partial charge on any atom is 0.176 e. The SMILES string of the molecule is CCC(C)NCC(=O)c1ccc2c(c1)CCO2. The van der Waals surface area contributed by atoms with Crippen LogP contribution in [0.2, 0.25) is 0 Å². The molecule has 1 aromatic rings. The number of carbonyl (C=O) groups excluding carboxylic acids is 1. The molecule has 17 heavy (non-hydrogen) atoms. The number of Topliss-reactive ketones (excluding diaryl/α,β-unsaturated/α-hetero) is 1. The molecule has 1 unspecified atom stereocenters. The number of hydrogen-bond donors (Lipinski definition) is 1. The van der Waals surface area contributed by atoms with Crippen molar-refractivity contribution in [1.82, 2.24) is 5.32 Å². The van der Waals surface area contributed by atoms with Gasteiger partial charge in [-0.3, -0.25) is 4.79 Å². The standard InChI is InChI=1S/C14H19NO2/c1-3-10(2)15-9-13(16)11-4-5-14-12(8-11)6-7-17-14/h4-5,8,10,15H,3,6-7,9H2,1-2H3. The van der Waals surface area contributed by atoms with E-state index in [9.17, 15) is 4.79 Å². The van der Waals surface area contributed by atoms with E-state index in [1.165, 1.54) is 0 Å². The molecule has 92 valence electrons. The Morgan fingerprint density at radius 1 is 1.53 bits per heavy atom. The van der Waals surface area contributed by atoms with Crippen molar-refractivity contribution >= 4 is 5.78 Å². The van der Waals surface area contributed by atoms with Crippen LogP contribution in [-0.4, -0.2) is 25.0 Å². The van der Waals surface area contributed by atoms with Crippen molar-refractivity contribution in [3.05, 3.63) is 29.3 Å². The zero-order valence-electron chi connectivity index (χ0n) is 10.5. The summed E-state index contributed by atoms with van der Waals surface area (Å²) in [7, 11) is 0. The summed E-state index contributed by atoms with van der Waals surface area (Å²) in [4.78, 5) is 12.0.